The monoisotopic (exact) mass is 300 g/mol. The quantitative estimate of drug-likeness (QED) is 0.871. The van der Waals surface area contributed by atoms with Crippen LogP contribution < -0.4 is 5.73 Å². The molecule has 2 aliphatic rings. The van der Waals surface area contributed by atoms with Crippen molar-refractivity contribution in [2.45, 2.75) is 25.2 Å². The van der Waals surface area contributed by atoms with Gasteiger partial charge in [0.2, 0.25) is 0 Å². The molecule has 0 aliphatic carbocycles. The maximum Gasteiger partial charge on any atom is 0.0991 e. The summed E-state index contributed by atoms with van der Waals surface area (Å²) < 4.78 is 6.08. The summed E-state index contributed by atoms with van der Waals surface area (Å²) in [6.45, 7) is 6.77. The number of nitrogens with two attached hydrogens (primary N) is 1. The minimum Gasteiger partial charge on any atom is -0.370 e. The van der Waals surface area contributed by atoms with E-state index in [1.54, 1.807) is 0 Å². The molecule has 5 nitrogen and oxygen atoms in total. The van der Waals surface area contributed by atoms with Crippen molar-refractivity contribution in [3.8, 4) is 6.07 Å². The van der Waals surface area contributed by atoms with Gasteiger partial charge >= 0.3 is 0 Å². The Labute approximate surface area is 132 Å². The lowest BCUT2D eigenvalue weighted by atomic mass is 10.1. The molecule has 2 aliphatic heterocycles. The smallest absolute Gasteiger partial charge is 0.0991 e. The van der Waals surface area contributed by atoms with E-state index in [9.17, 15) is 0 Å². The van der Waals surface area contributed by atoms with E-state index in [1.807, 2.05) is 12.1 Å². The standard InChI is InChI=1S/C17H24N4O/c18-6-1-7-20-10-16-12-21(13-17(11-20)22-16)9-15-4-2-14(8-19)3-5-15/h2-5,16-17H,1,6-7,9-13,18H2. The van der Waals surface area contributed by atoms with Crippen molar-refractivity contribution in [1.29, 1.82) is 5.26 Å². The SMILES string of the molecule is N#Cc1ccc(CN2CC3CN(CCCN)CC(C2)O3)cc1. The first-order valence-electron chi connectivity index (χ1n) is 8.06. The summed E-state index contributed by atoms with van der Waals surface area (Å²) in [4.78, 5) is 4.96. The summed E-state index contributed by atoms with van der Waals surface area (Å²) in [7, 11) is 0. The zero-order valence-corrected chi connectivity index (χ0v) is 12.9. The van der Waals surface area contributed by atoms with Crippen molar-refractivity contribution >= 4 is 0 Å². The highest BCUT2D eigenvalue weighted by molar-refractivity contribution is 5.31. The molecule has 2 saturated heterocycles. The van der Waals surface area contributed by atoms with E-state index >= 15 is 0 Å². The second kappa shape index (κ2) is 7.21. The van der Waals surface area contributed by atoms with Crippen molar-refractivity contribution in [3.05, 3.63) is 35.4 Å². The Morgan fingerprint density at radius 1 is 1.09 bits per heavy atom. The Morgan fingerprint density at radius 3 is 2.32 bits per heavy atom. The molecule has 2 fully saturated rings. The minimum atomic E-state index is 0.309. The first kappa shape index (κ1) is 15.4. The van der Waals surface area contributed by atoms with Crippen molar-refractivity contribution in [2.24, 2.45) is 5.73 Å². The van der Waals surface area contributed by atoms with Crippen LogP contribution in [0.3, 0.4) is 0 Å². The van der Waals surface area contributed by atoms with Crippen LogP contribution in [-0.2, 0) is 11.3 Å². The molecule has 2 unspecified atom stereocenters. The van der Waals surface area contributed by atoms with Crippen LogP contribution in [0.25, 0.3) is 0 Å². The van der Waals surface area contributed by atoms with Crippen LogP contribution in [0.4, 0.5) is 0 Å². The van der Waals surface area contributed by atoms with Gasteiger partial charge in [-0.3, -0.25) is 9.80 Å². The Hall–Kier alpha value is -1.45. The second-order valence-corrected chi connectivity index (χ2v) is 6.28. The molecule has 1 aromatic rings. The summed E-state index contributed by atoms with van der Waals surface area (Å²) in [6.07, 6.45) is 1.68. The molecule has 5 heteroatoms. The number of benzene rings is 1. The van der Waals surface area contributed by atoms with Crippen molar-refractivity contribution < 1.29 is 4.74 Å². The van der Waals surface area contributed by atoms with Gasteiger partial charge in [-0.15, -0.1) is 0 Å². The van der Waals surface area contributed by atoms with Gasteiger partial charge < -0.3 is 10.5 Å². The van der Waals surface area contributed by atoms with Gasteiger partial charge in [0.25, 0.3) is 0 Å². The first-order valence-corrected chi connectivity index (χ1v) is 8.06. The first-order chi connectivity index (χ1) is 10.8. The molecule has 1 aromatic carbocycles. The molecule has 2 heterocycles. The number of fused-ring (bicyclic) bond motifs is 2. The number of ether oxygens (including phenoxy) is 1. The van der Waals surface area contributed by atoms with E-state index in [4.69, 9.17) is 15.7 Å². The summed E-state index contributed by atoms with van der Waals surface area (Å²) in [6, 6.07) is 10.1. The number of nitrogens with zero attached hydrogens (tertiary/aromatic N) is 3. The lowest BCUT2D eigenvalue weighted by molar-refractivity contribution is -0.140. The highest BCUT2D eigenvalue weighted by atomic mass is 16.5. The van der Waals surface area contributed by atoms with Gasteiger partial charge in [0.1, 0.15) is 0 Å². The fraction of sp³-hybridized carbons (Fsp3) is 0.588. The fourth-order valence-electron chi connectivity index (χ4n) is 3.43. The number of hydrogen-bond acceptors (Lipinski definition) is 5. The predicted molar refractivity (Wildman–Crippen MR) is 85.2 cm³/mol. The molecular weight excluding hydrogens is 276 g/mol. The van der Waals surface area contributed by atoms with E-state index in [0.29, 0.717) is 12.2 Å². The van der Waals surface area contributed by atoms with Crippen molar-refractivity contribution in [1.82, 2.24) is 9.80 Å². The van der Waals surface area contributed by atoms with Gasteiger partial charge in [-0.25, -0.2) is 0 Å². The molecule has 2 N–H and O–H groups in total. The van der Waals surface area contributed by atoms with Gasteiger partial charge in [0.15, 0.2) is 0 Å². The zero-order chi connectivity index (χ0) is 15.4. The Bertz CT molecular complexity index is 510. The lowest BCUT2D eigenvalue weighted by Crippen LogP contribution is -2.59. The topological polar surface area (TPSA) is 65.5 Å². The van der Waals surface area contributed by atoms with E-state index in [-0.39, 0.29) is 0 Å². The molecule has 118 valence electrons. The molecule has 2 atom stereocenters. The van der Waals surface area contributed by atoms with Crippen LogP contribution in [0.15, 0.2) is 24.3 Å². The molecule has 0 saturated carbocycles. The fourth-order valence-corrected chi connectivity index (χ4v) is 3.43. The minimum absolute atomic E-state index is 0.309. The van der Waals surface area contributed by atoms with Gasteiger partial charge in [-0.1, -0.05) is 12.1 Å². The second-order valence-electron chi connectivity index (χ2n) is 6.28. The molecule has 3 rings (SSSR count). The van der Waals surface area contributed by atoms with Gasteiger partial charge in [-0.05, 0) is 37.2 Å². The summed E-state index contributed by atoms with van der Waals surface area (Å²) in [5, 5.41) is 8.86. The van der Waals surface area contributed by atoms with Crippen molar-refractivity contribution in [3.63, 3.8) is 0 Å². The third-order valence-corrected chi connectivity index (χ3v) is 4.40. The molecule has 2 bridgehead atoms. The van der Waals surface area contributed by atoms with Crippen LogP contribution in [0.1, 0.15) is 17.5 Å². The molecule has 0 spiro atoms. The van der Waals surface area contributed by atoms with Crippen LogP contribution in [0, 0.1) is 11.3 Å². The molecule has 0 aromatic heterocycles. The molecule has 22 heavy (non-hydrogen) atoms. The van der Waals surface area contributed by atoms with E-state index < -0.39 is 0 Å². The zero-order valence-electron chi connectivity index (χ0n) is 12.9. The number of rotatable bonds is 5. The van der Waals surface area contributed by atoms with Crippen LogP contribution in [-0.4, -0.2) is 61.3 Å². The average molecular weight is 300 g/mol. The van der Waals surface area contributed by atoms with E-state index in [0.717, 1.165) is 57.8 Å². The highest BCUT2D eigenvalue weighted by Crippen LogP contribution is 2.21. The van der Waals surface area contributed by atoms with Gasteiger partial charge in [0, 0.05) is 32.7 Å². The third kappa shape index (κ3) is 3.84. The number of morpholine rings is 2. The largest absolute Gasteiger partial charge is 0.370 e. The van der Waals surface area contributed by atoms with E-state index in [1.165, 1.54) is 5.56 Å². The highest BCUT2D eigenvalue weighted by Gasteiger charge is 2.34. The van der Waals surface area contributed by atoms with Gasteiger partial charge in [-0.2, -0.15) is 5.26 Å². The molecule has 0 amide bonds. The maximum atomic E-state index is 8.86. The average Bonchev–Trinajstić information content (AvgIpc) is 2.53. The maximum absolute atomic E-state index is 8.86. The van der Waals surface area contributed by atoms with Crippen LogP contribution in [0.2, 0.25) is 0 Å². The lowest BCUT2D eigenvalue weighted by Gasteiger charge is -2.46. The molecule has 0 radical (unpaired) electrons. The van der Waals surface area contributed by atoms with Crippen LogP contribution >= 0.6 is 0 Å². The Balaban J connectivity index is 1.54. The number of hydrogen-bond donors (Lipinski definition) is 1. The Morgan fingerprint density at radius 2 is 1.73 bits per heavy atom. The van der Waals surface area contributed by atoms with Crippen LogP contribution in [0.5, 0.6) is 0 Å². The Kier molecular flexibility index (Phi) is 5.06. The molecular formula is C17H24N4O. The third-order valence-electron chi connectivity index (χ3n) is 4.40. The predicted octanol–water partition coefficient (Wildman–Crippen LogP) is 0.792. The normalized spacial score (nSPS) is 25.8. The van der Waals surface area contributed by atoms with E-state index in [2.05, 4.69) is 28.0 Å². The summed E-state index contributed by atoms with van der Waals surface area (Å²) in [5.41, 5.74) is 7.59. The van der Waals surface area contributed by atoms with Gasteiger partial charge in [0.05, 0.1) is 23.8 Å². The number of nitriles is 1. The summed E-state index contributed by atoms with van der Waals surface area (Å²) in [5.74, 6) is 0. The van der Waals surface area contributed by atoms with Crippen molar-refractivity contribution in [2.75, 3.05) is 39.3 Å². The summed E-state index contributed by atoms with van der Waals surface area (Å²) >= 11 is 0.